The first kappa shape index (κ1) is 29.0. The summed E-state index contributed by atoms with van der Waals surface area (Å²) in [4.78, 5) is 33.8. The average molecular weight is 601 g/mol. The number of carbonyl (C=O) groups is 2. The van der Waals surface area contributed by atoms with Crippen LogP contribution in [0.4, 0.5) is 9.93 Å². The number of anilines is 1. The number of hydrogen-bond acceptors (Lipinski definition) is 9. The minimum absolute atomic E-state index is 0.117. The van der Waals surface area contributed by atoms with Gasteiger partial charge in [-0.3, -0.25) is 4.79 Å². The molecular weight excluding hydrogens is 564 g/mol. The average Bonchev–Trinajstić information content (AvgIpc) is 3.30. The van der Waals surface area contributed by atoms with Crippen molar-refractivity contribution in [1.29, 1.82) is 5.26 Å². The summed E-state index contributed by atoms with van der Waals surface area (Å²) in [7, 11) is 1.46. The third kappa shape index (κ3) is 5.54. The summed E-state index contributed by atoms with van der Waals surface area (Å²) >= 11 is 1.57. The molecule has 2 aliphatic heterocycles. The molecule has 2 fully saturated rings. The van der Waals surface area contributed by atoms with Crippen LogP contribution in [0.25, 0.3) is 11.3 Å². The number of methoxy groups -OCH3 is 1. The lowest BCUT2D eigenvalue weighted by Crippen LogP contribution is -2.40. The molecule has 0 spiro atoms. The number of piperidine rings is 1. The van der Waals surface area contributed by atoms with E-state index < -0.39 is 5.60 Å². The normalized spacial score (nSPS) is 20.6. The van der Waals surface area contributed by atoms with Crippen LogP contribution in [0, 0.1) is 29.6 Å². The molecule has 0 bridgehead atoms. The van der Waals surface area contributed by atoms with Crippen molar-refractivity contribution < 1.29 is 23.8 Å². The molecule has 0 unspecified atom stereocenters. The number of nitrogens with zero attached hydrogens (tertiary/aromatic N) is 4. The van der Waals surface area contributed by atoms with Gasteiger partial charge in [0.1, 0.15) is 18.0 Å². The van der Waals surface area contributed by atoms with E-state index in [1.165, 1.54) is 7.11 Å². The molecule has 43 heavy (non-hydrogen) atoms. The molecule has 3 aliphatic rings. The first-order chi connectivity index (χ1) is 20.5. The van der Waals surface area contributed by atoms with Gasteiger partial charge in [-0.1, -0.05) is 18.2 Å². The number of hydrogen-bond donors (Lipinski definition) is 0. The third-order valence-electron chi connectivity index (χ3n) is 8.55. The number of amides is 1. The lowest BCUT2D eigenvalue weighted by atomic mass is 9.93. The third-order valence-corrected chi connectivity index (χ3v) is 9.45. The van der Waals surface area contributed by atoms with Crippen molar-refractivity contribution in [3.05, 3.63) is 63.5 Å². The fourth-order valence-electron chi connectivity index (χ4n) is 6.28. The van der Waals surface area contributed by atoms with Crippen LogP contribution in [0.5, 0.6) is 5.75 Å². The first-order valence-corrected chi connectivity index (χ1v) is 15.4. The monoisotopic (exact) mass is 600 g/mol. The van der Waals surface area contributed by atoms with Crippen LogP contribution in [-0.2, 0) is 33.8 Å². The maximum Gasteiger partial charge on any atom is 0.410 e. The lowest BCUT2D eigenvalue weighted by Gasteiger charge is -2.32. The van der Waals surface area contributed by atoms with E-state index in [9.17, 15) is 14.9 Å². The lowest BCUT2D eigenvalue weighted by molar-refractivity contribution is -0.146. The van der Waals surface area contributed by atoms with Crippen LogP contribution in [0.2, 0.25) is 0 Å². The molecule has 224 valence electrons. The molecule has 1 amide bonds. The SMILES string of the molecule is COC(=O)[C@]12C[C@H]1CN(c1nc(-c3cccc(C)c3OCc3cc(C#N)c4c(c3)CCN(C(=O)OC(C)(C)C)C4)cs1)C2. The molecule has 2 atom stereocenters. The van der Waals surface area contributed by atoms with E-state index >= 15 is 0 Å². The standard InChI is InChI=1S/C33H36N4O5S/c1-20-7-6-8-25(27-18-43-30(35-27)37-15-24-13-33(24,19-37)29(38)40-5)28(20)41-17-21-11-22-9-10-36(31(39)42-32(2,3)4)16-26(22)23(12-21)14-34/h6-8,11-12,18,24H,9-10,13,15-17,19H2,1-5H3/t24-,33-/m0/s1. The summed E-state index contributed by atoms with van der Waals surface area (Å²) in [6.07, 6.45) is 1.17. The number of esters is 1. The number of ether oxygens (including phenoxy) is 3. The van der Waals surface area contributed by atoms with Gasteiger partial charge in [-0.2, -0.15) is 5.26 Å². The summed E-state index contributed by atoms with van der Waals surface area (Å²) in [5.41, 5.74) is 5.15. The van der Waals surface area contributed by atoms with Gasteiger partial charge in [-0.15, -0.1) is 11.3 Å². The zero-order valence-corrected chi connectivity index (χ0v) is 26.0. The zero-order chi connectivity index (χ0) is 30.5. The Labute approximate surface area is 256 Å². The van der Waals surface area contributed by atoms with Crippen molar-refractivity contribution in [3.63, 3.8) is 0 Å². The minimum Gasteiger partial charge on any atom is -0.488 e. The van der Waals surface area contributed by atoms with E-state index in [-0.39, 0.29) is 17.5 Å². The quantitative estimate of drug-likeness (QED) is 0.324. The topological polar surface area (TPSA) is 105 Å². The molecule has 0 N–H and O–H groups in total. The van der Waals surface area contributed by atoms with Gasteiger partial charge >= 0.3 is 12.1 Å². The second-order valence-corrected chi connectivity index (χ2v) is 13.6. The molecular formula is C33H36N4O5S. The summed E-state index contributed by atoms with van der Waals surface area (Å²) < 4.78 is 17.0. The largest absolute Gasteiger partial charge is 0.488 e. The number of fused-ring (bicyclic) bond motifs is 2. The molecule has 9 nitrogen and oxygen atoms in total. The van der Waals surface area contributed by atoms with E-state index in [1.54, 1.807) is 16.2 Å². The molecule has 10 heteroatoms. The number of carbonyl (C=O) groups excluding carboxylic acids is 2. The Morgan fingerprint density at radius 3 is 2.81 bits per heavy atom. The summed E-state index contributed by atoms with van der Waals surface area (Å²) in [5, 5.41) is 12.9. The molecule has 1 saturated carbocycles. The van der Waals surface area contributed by atoms with Gasteiger partial charge in [-0.25, -0.2) is 9.78 Å². The Balaban J connectivity index is 1.18. The van der Waals surface area contributed by atoms with Crippen LogP contribution in [0.1, 0.15) is 55.0 Å². The van der Waals surface area contributed by atoms with Crippen molar-refractivity contribution >= 4 is 28.5 Å². The van der Waals surface area contributed by atoms with Gasteiger partial charge in [0.25, 0.3) is 0 Å². The zero-order valence-electron chi connectivity index (χ0n) is 25.2. The van der Waals surface area contributed by atoms with Crippen LogP contribution < -0.4 is 9.64 Å². The van der Waals surface area contributed by atoms with Crippen molar-refractivity contribution in [2.45, 2.75) is 59.3 Å². The fourth-order valence-corrected chi connectivity index (χ4v) is 7.12. The molecule has 6 rings (SSSR count). The van der Waals surface area contributed by atoms with Gasteiger partial charge in [0.05, 0.1) is 36.4 Å². The molecule has 0 radical (unpaired) electrons. The van der Waals surface area contributed by atoms with Gasteiger partial charge < -0.3 is 24.0 Å². The summed E-state index contributed by atoms with van der Waals surface area (Å²) in [6, 6.07) is 12.3. The smallest absolute Gasteiger partial charge is 0.410 e. The molecule has 1 aliphatic carbocycles. The van der Waals surface area contributed by atoms with Gasteiger partial charge in [0, 0.05) is 30.6 Å². The van der Waals surface area contributed by atoms with Gasteiger partial charge in [0.15, 0.2) is 5.13 Å². The number of aromatic nitrogens is 1. The number of nitriles is 1. The van der Waals surface area contributed by atoms with Gasteiger partial charge in [-0.05, 0) is 80.8 Å². The maximum absolute atomic E-state index is 12.7. The van der Waals surface area contributed by atoms with Crippen LogP contribution in [-0.4, -0.2) is 54.3 Å². The number of thiazole rings is 1. The highest BCUT2D eigenvalue weighted by Crippen LogP contribution is 2.59. The van der Waals surface area contributed by atoms with Crippen molar-refractivity contribution in [2.24, 2.45) is 11.3 Å². The molecule has 3 aromatic rings. The van der Waals surface area contributed by atoms with E-state index in [1.807, 2.05) is 57.3 Å². The predicted octanol–water partition coefficient (Wildman–Crippen LogP) is 5.86. The van der Waals surface area contributed by atoms with Crippen molar-refractivity contribution in [1.82, 2.24) is 9.88 Å². The second-order valence-electron chi connectivity index (χ2n) is 12.7. The van der Waals surface area contributed by atoms with Crippen LogP contribution >= 0.6 is 11.3 Å². The minimum atomic E-state index is -0.576. The Kier molecular flexibility index (Phi) is 7.33. The molecule has 3 heterocycles. The van der Waals surface area contributed by atoms with Crippen LogP contribution in [0.15, 0.2) is 35.7 Å². The molecule has 2 aromatic carbocycles. The Morgan fingerprint density at radius 1 is 1.26 bits per heavy atom. The summed E-state index contributed by atoms with van der Waals surface area (Å²) in [5.74, 6) is 0.968. The van der Waals surface area contributed by atoms with E-state index in [2.05, 4.69) is 17.0 Å². The van der Waals surface area contributed by atoms with Crippen molar-refractivity contribution in [2.75, 3.05) is 31.6 Å². The van der Waals surface area contributed by atoms with Gasteiger partial charge in [0.2, 0.25) is 0 Å². The molecule has 1 aromatic heterocycles. The summed E-state index contributed by atoms with van der Waals surface area (Å²) in [6.45, 7) is 10.2. The number of benzene rings is 2. The predicted molar refractivity (Wildman–Crippen MR) is 163 cm³/mol. The number of para-hydroxylation sites is 1. The molecule has 1 saturated heterocycles. The van der Waals surface area contributed by atoms with Crippen LogP contribution in [0.3, 0.4) is 0 Å². The van der Waals surface area contributed by atoms with Crippen molar-refractivity contribution in [3.8, 4) is 23.1 Å². The Hall–Kier alpha value is -4.10. The number of aryl methyl sites for hydroxylation is 1. The van der Waals surface area contributed by atoms with E-state index in [4.69, 9.17) is 19.2 Å². The Bertz CT molecular complexity index is 1640. The highest BCUT2D eigenvalue weighted by molar-refractivity contribution is 7.14. The maximum atomic E-state index is 12.7. The highest BCUT2D eigenvalue weighted by atomic mass is 32.1. The fraction of sp³-hybridized carbons (Fsp3) is 0.455. The second kappa shape index (κ2) is 10.9. The van der Waals surface area contributed by atoms with E-state index in [0.717, 1.165) is 57.4 Å². The Morgan fingerprint density at radius 2 is 2.07 bits per heavy atom. The highest BCUT2D eigenvalue weighted by Gasteiger charge is 2.66. The number of rotatable bonds is 6. The first-order valence-electron chi connectivity index (χ1n) is 14.6. The van der Waals surface area contributed by atoms with E-state index in [0.29, 0.717) is 44.1 Å².